The van der Waals surface area contributed by atoms with Crippen LogP contribution in [-0.2, 0) is 17.5 Å². The Kier molecular flexibility index (Phi) is 10.3. The highest BCUT2D eigenvalue weighted by molar-refractivity contribution is 5.99. The Morgan fingerprint density at radius 2 is 1.80 bits per heavy atom. The van der Waals surface area contributed by atoms with Crippen molar-refractivity contribution >= 4 is 17.5 Å². The largest absolute Gasteiger partial charge is 0.488 e. The first-order valence-electron chi connectivity index (χ1n) is 13.0. The van der Waals surface area contributed by atoms with Gasteiger partial charge in [-0.2, -0.15) is 26.3 Å². The molecule has 0 fully saturated rings. The summed E-state index contributed by atoms with van der Waals surface area (Å²) in [5, 5.41) is 12.2. The average molecular weight is 590 g/mol. The van der Waals surface area contributed by atoms with Gasteiger partial charge >= 0.3 is 12.4 Å². The number of fused-ring (bicyclic) bond motifs is 1. The topological polar surface area (TPSA) is 82.1 Å². The second-order valence-electron chi connectivity index (χ2n) is 10.4. The lowest BCUT2D eigenvalue weighted by atomic mass is 9.99. The molecule has 0 aromatic heterocycles. The number of ether oxygens (including phenoxy) is 1. The second kappa shape index (κ2) is 13.1. The molecular weight excluding hydrogens is 556 g/mol. The summed E-state index contributed by atoms with van der Waals surface area (Å²) in [7, 11) is 1.78. The number of hydrogen-bond donors (Lipinski definition) is 2. The second-order valence-corrected chi connectivity index (χ2v) is 10.4. The number of carbonyl (C=O) groups is 2. The zero-order valence-electron chi connectivity index (χ0n) is 22.9. The van der Waals surface area contributed by atoms with Gasteiger partial charge in [-0.3, -0.25) is 14.5 Å². The Labute approximate surface area is 234 Å². The first-order valence-corrected chi connectivity index (χ1v) is 13.0. The van der Waals surface area contributed by atoms with Gasteiger partial charge in [-0.15, -0.1) is 0 Å². The van der Waals surface area contributed by atoms with Crippen LogP contribution < -0.4 is 10.1 Å². The highest BCUT2D eigenvalue weighted by Crippen LogP contribution is 2.32. The molecule has 2 aromatic carbocycles. The first-order chi connectivity index (χ1) is 19.1. The molecule has 0 saturated carbocycles. The molecule has 2 amide bonds. The third-order valence-corrected chi connectivity index (χ3v) is 6.81. The molecule has 0 radical (unpaired) electrons. The lowest BCUT2D eigenvalue weighted by Crippen LogP contribution is -2.49. The van der Waals surface area contributed by atoms with Crippen molar-refractivity contribution in [2.75, 3.05) is 32.1 Å². The fourth-order valence-corrected chi connectivity index (χ4v) is 4.48. The van der Waals surface area contributed by atoms with E-state index in [1.165, 1.54) is 35.2 Å². The fourth-order valence-electron chi connectivity index (χ4n) is 4.48. The maximum atomic E-state index is 13.5. The number of nitrogens with zero attached hydrogens (tertiary/aromatic N) is 2. The van der Waals surface area contributed by atoms with E-state index in [4.69, 9.17) is 4.74 Å². The van der Waals surface area contributed by atoms with E-state index in [2.05, 4.69) is 5.32 Å². The number of aliphatic hydroxyl groups is 1. The van der Waals surface area contributed by atoms with Gasteiger partial charge in [0.25, 0.3) is 5.91 Å². The summed E-state index contributed by atoms with van der Waals surface area (Å²) in [6.45, 7) is 4.10. The van der Waals surface area contributed by atoms with Crippen LogP contribution in [0, 0.1) is 5.92 Å². The van der Waals surface area contributed by atoms with Crippen LogP contribution in [0.2, 0.25) is 0 Å². The molecule has 0 spiro atoms. The molecule has 41 heavy (non-hydrogen) atoms. The molecule has 0 bridgehead atoms. The Morgan fingerprint density at radius 1 is 1.15 bits per heavy atom. The number of halogens is 6. The molecule has 0 aliphatic carbocycles. The molecular formula is C28H33F6N3O4. The van der Waals surface area contributed by atoms with Gasteiger partial charge in [0.05, 0.1) is 30.2 Å². The minimum Gasteiger partial charge on any atom is -0.488 e. The van der Waals surface area contributed by atoms with Crippen molar-refractivity contribution in [3.05, 3.63) is 59.2 Å². The number of nitrogens with one attached hydrogen (secondary N) is 1. The number of alkyl halides is 6. The maximum absolute atomic E-state index is 13.5. The normalized spacial score (nSPS) is 18.8. The number of aliphatic hydroxyl groups excluding tert-OH is 1. The van der Waals surface area contributed by atoms with Crippen molar-refractivity contribution < 1.29 is 45.8 Å². The van der Waals surface area contributed by atoms with Crippen LogP contribution in [0.25, 0.3) is 0 Å². The van der Waals surface area contributed by atoms with Gasteiger partial charge in [0.1, 0.15) is 11.9 Å². The summed E-state index contributed by atoms with van der Waals surface area (Å²) in [5.41, 5.74) is 0.113. The van der Waals surface area contributed by atoms with Gasteiger partial charge in [-0.25, -0.2) is 0 Å². The molecule has 226 valence electrons. The fraction of sp³-hybridized carbons (Fsp3) is 0.500. The summed E-state index contributed by atoms with van der Waals surface area (Å²) in [5.74, 6) is -1.37. The van der Waals surface area contributed by atoms with Crippen molar-refractivity contribution in [3.8, 4) is 5.75 Å². The highest BCUT2D eigenvalue weighted by atomic mass is 19.4. The Bertz CT molecular complexity index is 1200. The SMILES string of the molecule is C[C@@H]1CN([C@H](C)CO)C(=O)c2cc(NC(=O)CCC(F)(F)F)ccc2O[C@H]1CN(C)Cc1ccc(C(F)(F)F)cc1. The summed E-state index contributed by atoms with van der Waals surface area (Å²) >= 11 is 0. The van der Waals surface area contributed by atoms with Crippen LogP contribution in [0.3, 0.4) is 0 Å². The van der Waals surface area contributed by atoms with E-state index in [1.54, 1.807) is 14.0 Å². The molecule has 3 atom stereocenters. The first kappa shape index (κ1) is 32.2. The van der Waals surface area contributed by atoms with Crippen LogP contribution in [0.5, 0.6) is 5.75 Å². The van der Waals surface area contributed by atoms with Gasteiger partial charge in [-0.05, 0) is 49.9 Å². The average Bonchev–Trinajstić information content (AvgIpc) is 2.88. The van der Waals surface area contributed by atoms with Gasteiger partial charge in [-0.1, -0.05) is 19.1 Å². The molecule has 13 heteroatoms. The van der Waals surface area contributed by atoms with Crippen molar-refractivity contribution in [2.24, 2.45) is 5.92 Å². The summed E-state index contributed by atoms with van der Waals surface area (Å²) in [6.07, 6.45) is -11.5. The summed E-state index contributed by atoms with van der Waals surface area (Å²) in [6, 6.07) is 8.50. The zero-order valence-corrected chi connectivity index (χ0v) is 22.9. The van der Waals surface area contributed by atoms with Crippen LogP contribution in [-0.4, -0.2) is 71.8 Å². The van der Waals surface area contributed by atoms with E-state index in [0.29, 0.717) is 18.7 Å². The minimum absolute atomic E-state index is 0.0706. The van der Waals surface area contributed by atoms with E-state index in [-0.39, 0.29) is 36.1 Å². The number of rotatable bonds is 9. The Hall–Kier alpha value is -3.32. The monoisotopic (exact) mass is 589 g/mol. The van der Waals surface area contributed by atoms with Gasteiger partial charge in [0.2, 0.25) is 5.91 Å². The molecule has 1 aliphatic rings. The van der Waals surface area contributed by atoms with Crippen molar-refractivity contribution in [2.45, 2.75) is 57.7 Å². The van der Waals surface area contributed by atoms with Crippen LogP contribution >= 0.6 is 0 Å². The number of anilines is 1. The van der Waals surface area contributed by atoms with Crippen LogP contribution in [0.1, 0.15) is 48.2 Å². The number of carbonyl (C=O) groups excluding carboxylic acids is 2. The minimum atomic E-state index is -4.49. The summed E-state index contributed by atoms with van der Waals surface area (Å²) < 4.78 is 82.4. The van der Waals surface area contributed by atoms with Crippen molar-refractivity contribution in [1.82, 2.24) is 9.80 Å². The van der Waals surface area contributed by atoms with Gasteiger partial charge < -0.3 is 20.1 Å². The Balaban J connectivity index is 1.82. The van der Waals surface area contributed by atoms with Crippen molar-refractivity contribution in [3.63, 3.8) is 0 Å². The van der Waals surface area contributed by atoms with Crippen LogP contribution in [0.4, 0.5) is 32.0 Å². The third kappa shape index (κ3) is 9.09. The van der Waals surface area contributed by atoms with Gasteiger partial charge in [0.15, 0.2) is 0 Å². The lowest BCUT2D eigenvalue weighted by Gasteiger charge is -2.38. The molecule has 2 N–H and O–H groups in total. The number of hydrogen-bond acceptors (Lipinski definition) is 5. The predicted octanol–water partition coefficient (Wildman–Crippen LogP) is 5.34. The third-order valence-electron chi connectivity index (χ3n) is 6.81. The molecule has 0 saturated heterocycles. The number of likely N-dealkylation sites (N-methyl/N-ethyl adjacent to an activating group) is 1. The maximum Gasteiger partial charge on any atom is 0.416 e. The lowest BCUT2D eigenvalue weighted by molar-refractivity contribution is -0.142. The standard InChI is InChI=1S/C28H33F6N3O4/c1-17-13-37(18(2)16-38)26(40)22-12-21(35-25(39)10-11-27(29,30)31)8-9-23(22)41-24(17)15-36(3)14-19-4-6-20(7-5-19)28(32,33)34/h4-9,12,17-18,24,38H,10-11,13-16H2,1-3H3,(H,35,39)/t17-,18-,24+/m1/s1. The molecule has 1 heterocycles. The molecule has 0 unspecified atom stereocenters. The number of amides is 2. The molecule has 1 aliphatic heterocycles. The highest BCUT2D eigenvalue weighted by Gasteiger charge is 2.34. The van der Waals surface area contributed by atoms with E-state index >= 15 is 0 Å². The van der Waals surface area contributed by atoms with E-state index in [1.807, 2.05) is 11.8 Å². The smallest absolute Gasteiger partial charge is 0.416 e. The number of benzene rings is 2. The predicted molar refractivity (Wildman–Crippen MR) is 139 cm³/mol. The van der Waals surface area contributed by atoms with E-state index in [9.17, 15) is 41.0 Å². The van der Waals surface area contributed by atoms with Crippen LogP contribution in [0.15, 0.2) is 42.5 Å². The molecule has 2 aromatic rings. The quantitative estimate of drug-likeness (QED) is 0.386. The summed E-state index contributed by atoms with van der Waals surface area (Å²) in [4.78, 5) is 28.9. The molecule has 7 nitrogen and oxygen atoms in total. The van der Waals surface area contributed by atoms with E-state index in [0.717, 1.165) is 12.1 Å². The Morgan fingerprint density at radius 3 is 2.39 bits per heavy atom. The van der Waals surface area contributed by atoms with E-state index < -0.39 is 54.7 Å². The van der Waals surface area contributed by atoms with Crippen molar-refractivity contribution in [1.29, 1.82) is 0 Å². The van der Waals surface area contributed by atoms with Gasteiger partial charge in [0, 0.05) is 37.7 Å². The zero-order chi connectivity index (χ0) is 30.5. The molecule has 3 rings (SSSR count).